The number of carbonyl (C=O) groups excluding carboxylic acids is 2. The second-order valence-corrected chi connectivity index (χ2v) is 9.92. The summed E-state index contributed by atoms with van der Waals surface area (Å²) in [5.74, 6) is 0.468. The molecule has 3 aromatic rings. The summed E-state index contributed by atoms with van der Waals surface area (Å²) in [6, 6.07) is 23.8. The van der Waals surface area contributed by atoms with Gasteiger partial charge in [0, 0.05) is 16.9 Å². The van der Waals surface area contributed by atoms with Crippen LogP contribution in [-0.2, 0) is 11.2 Å². The number of hydrogen-bond acceptors (Lipinski definition) is 3. The summed E-state index contributed by atoms with van der Waals surface area (Å²) in [6.45, 7) is 4.25. The molecule has 5 heteroatoms. The van der Waals surface area contributed by atoms with Gasteiger partial charge < -0.3 is 5.32 Å². The van der Waals surface area contributed by atoms with Crippen LogP contribution in [-0.4, -0.2) is 17.6 Å². The third kappa shape index (κ3) is 5.89. The summed E-state index contributed by atoms with van der Waals surface area (Å²) < 4.78 is 0. The molecule has 2 amide bonds. The molecule has 0 saturated carbocycles. The lowest BCUT2D eigenvalue weighted by atomic mass is 10.0. The van der Waals surface area contributed by atoms with Gasteiger partial charge in [0.05, 0.1) is 5.75 Å². The number of hydrogen-bond donors (Lipinski definition) is 1. The predicted octanol–water partition coefficient (Wildman–Crippen LogP) is 7.15. The van der Waals surface area contributed by atoms with Crippen LogP contribution < -0.4 is 10.2 Å². The van der Waals surface area contributed by atoms with Crippen molar-refractivity contribution in [3.63, 3.8) is 0 Å². The van der Waals surface area contributed by atoms with Crippen LogP contribution in [0.2, 0.25) is 0 Å². The van der Waals surface area contributed by atoms with Gasteiger partial charge in [0.1, 0.15) is 5.37 Å². The second-order valence-electron chi connectivity index (χ2n) is 8.85. The van der Waals surface area contributed by atoms with Gasteiger partial charge in [-0.25, -0.2) is 0 Å². The van der Waals surface area contributed by atoms with Gasteiger partial charge in [0.25, 0.3) is 5.91 Å². The Morgan fingerprint density at radius 1 is 1.00 bits per heavy atom. The first kappa shape index (κ1) is 24.1. The molecule has 1 aliphatic heterocycles. The van der Waals surface area contributed by atoms with Gasteiger partial charge in [-0.1, -0.05) is 62.6 Å². The van der Waals surface area contributed by atoms with E-state index in [1.807, 2.05) is 72.5 Å². The predicted molar refractivity (Wildman–Crippen MR) is 143 cm³/mol. The van der Waals surface area contributed by atoms with E-state index < -0.39 is 0 Å². The molecule has 0 spiro atoms. The highest BCUT2D eigenvalue weighted by atomic mass is 32.2. The van der Waals surface area contributed by atoms with Crippen molar-refractivity contribution < 1.29 is 9.59 Å². The lowest BCUT2D eigenvalue weighted by Gasteiger charge is -2.25. The summed E-state index contributed by atoms with van der Waals surface area (Å²) >= 11 is 1.63. The maximum absolute atomic E-state index is 12.7. The van der Waals surface area contributed by atoms with Crippen molar-refractivity contribution in [2.45, 2.75) is 51.3 Å². The Hall–Kier alpha value is -3.05. The van der Waals surface area contributed by atoms with Crippen LogP contribution in [0.25, 0.3) is 0 Å². The Morgan fingerprint density at radius 2 is 1.76 bits per heavy atom. The SMILES string of the molecule is CCCCCCc1ccc(C(=O)Nc2ccc([C@H]3SCC(=O)N3c3cccc(C)c3)cc2)cc1. The molecule has 1 aliphatic rings. The van der Waals surface area contributed by atoms with E-state index in [1.165, 1.54) is 31.2 Å². The molecule has 176 valence electrons. The van der Waals surface area contributed by atoms with Crippen molar-refractivity contribution in [2.24, 2.45) is 0 Å². The fraction of sp³-hybridized carbons (Fsp3) is 0.310. The van der Waals surface area contributed by atoms with Crippen LogP contribution in [0.5, 0.6) is 0 Å². The van der Waals surface area contributed by atoms with E-state index in [1.54, 1.807) is 11.8 Å². The van der Waals surface area contributed by atoms with E-state index in [-0.39, 0.29) is 17.2 Å². The number of carbonyl (C=O) groups is 2. The molecular weight excluding hydrogens is 440 g/mol. The van der Waals surface area contributed by atoms with E-state index in [4.69, 9.17) is 0 Å². The van der Waals surface area contributed by atoms with Crippen molar-refractivity contribution in [3.05, 3.63) is 95.1 Å². The molecule has 0 unspecified atom stereocenters. The summed E-state index contributed by atoms with van der Waals surface area (Å²) in [5.41, 5.74) is 5.77. The molecule has 1 saturated heterocycles. The van der Waals surface area contributed by atoms with Crippen LogP contribution in [0.3, 0.4) is 0 Å². The summed E-state index contributed by atoms with van der Waals surface area (Å²) in [5, 5.41) is 2.92. The third-order valence-corrected chi connectivity index (χ3v) is 7.35. The number of nitrogens with zero attached hydrogens (tertiary/aromatic N) is 1. The summed E-state index contributed by atoms with van der Waals surface area (Å²) in [7, 11) is 0. The molecule has 1 N–H and O–H groups in total. The van der Waals surface area contributed by atoms with Gasteiger partial charge in [-0.2, -0.15) is 0 Å². The Bertz CT molecular complexity index is 1130. The van der Waals surface area contributed by atoms with E-state index in [2.05, 4.69) is 24.4 Å². The largest absolute Gasteiger partial charge is 0.322 e. The molecule has 0 bridgehead atoms. The molecule has 3 aromatic carbocycles. The average molecular weight is 473 g/mol. The fourth-order valence-corrected chi connectivity index (χ4v) is 5.42. The van der Waals surface area contributed by atoms with Gasteiger partial charge in [-0.05, 0) is 72.9 Å². The van der Waals surface area contributed by atoms with Gasteiger partial charge in [0.15, 0.2) is 0 Å². The number of thioether (sulfide) groups is 1. The van der Waals surface area contributed by atoms with E-state index >= 15 is 0 Å². The van der Waals surface area contributed by atoms with Crippen LogP contribution >= 0.6 is 11.8 Å². The maximum Gasteiger partial charge on any atom is 0.255 e. The fourth-order valence-electron chi connectivity index (χ4n) is 4.24. The third-order valence-electron chi connectivity index (χ3n) is 6.14. The standard InChI is InChI=1S/C29H32N2O2S/c1-3-4-5-6-9-22-11-13-23(14-12-22)28(33)30-25-17-15-24(16-18-25)29-31(27(32)20-34-29)26-10-7-8-21(2)19-26/h7-8,10-19,29H,3-6,9,20H2,1-2H3,(H,30,33)/t29-/m1/s1. The summed E-state index contributed by atoms with van der Waals surface area (Å²) in [6.07, 6.45) is 6.02. The maximum atomic E-state index is 12.7. The number of amides is 2. The first-order chi connectivity index (χ1) is 16.5. The highest BCUT2D eigenvalue weighted by Crippen LogP contribution is 2.42. The minimum atomic E-state index is -0.114. The zero-order chi connectivity index (χ0) is 23.9. The molecule has 1 heterocycles. The number of rotatable bonds is 9. The highest BCUT2D eigenvalue weighted by molar-refractivity contribution is 8.00. The zero-order valence-corrected chi connectivity index (χ0v) is 20.7. The lowest BCUT2D eigenvalue weighted by Crippen LogP contribution is -2.27. The number of benzene rings is 3. The summed E-state index contributed by atoms with van der Waals surface area (Å²) in [4.78, 5) is 27.2. The molecule has 34 heavy (non-hydrogen) atoms. The van der Waals surface area contributed by atoms with Crippen molar-refractivity contribution >= 4 is 35.0 Å². The number of anilines is 2. The Morgan fingerprint density at radius 3 is 2.47 bits per heavy atom. The van der Waals surface area contributed by atoms with Crippen molar-refractivity contribution in [2.75, 3.05) is 16.0 Å². The highest BCUT2D eigenvalue weighted by Gasteiger charge is 2.34. The molecule has 4 rings (SSSR count). The molecule has 0 aromatic heterocycles. The first-order valence-electron chi connectivity index (χ1n) is 12.1. The van der Waals surface area contributed by atoms with Crippen LogP contribution in [0.4, 0.5) is 11.4 Å². The lowest BCUT2D eigenvalue weighted by molar-refractivity contribution is -0.115. The number of unbranched alkanes of at least 4 members (excludes halogenated alkanes) is 3. The zero-order valence-electron chi connectivity index (χ0n) is 19.9. The van der Waals surface area contributed by atoms with Gasteiger partial charge in [-0.3, -0.25) is 14.5 Å². The first-order valence-corrected chi connectivity index (χ1v) is 13.1. The number of nitrogens with one attached hydrogen (secondary N) is 1. The molecule has 0 radical (unpaired) electrons. The van der Waals surface area contributed by atoms with E-state index in [9.17, 15) is 9.59 Å². The van der Waals surface area contributed by atoms with Crippen molar-refractivity contribution in [1.29, 1.82) is 0 Å². The monoisotopic (exact) mass is 472 g/mol. The number of aryl methyl sites for hydroxylation is 2. The molecule has 1 fully saturated rings. The van der Waals surface area contributed by atoms with E-state index in [0.29, 0.717) is 11.3 Å². The minimum Gasteiger partial charge on any atom is -0.322 e. The van der Waals surface area contributed by atoms with Crippen molar-refractivity contribution in [3.8, 4) is 0 Å². The second kappa shape index (κ2) is 11.4. The Balaban J connectivity index is 1.39. The molecule has 4 nitrogen and oxygen atoms in total. The van der Waals surface area contributed by atoms with Crippen LogP contribution in [0.15, 0.2) is 72.8 Å². The van der Waals surface area contributed by atoms with Crippen LogP contribution in [0, 0.1) is 6.92 Å². The quantitative estimate of drug-likeness (QED) is 0.337. The molecular formula is C29H32N2O2S. The average Bonchev–Trinajstić information content (AvgIpc) is 3.24. The molecule has 0 aliphatic carbocycles. The van der Waals surface area contributed by atoms with Gasteiger partial charge in [0.2, 0.25) is 5.91 Å². The topological polar surface area (TPSA) is 49.4 Å². The normalized spacial score (nSPS) is 15.5. The Kier molecular flexibility index (Phi) is 8.07. The smallest absolute Gasteiger partial charge is 0.255 e. The van der Waals surface area contributed by atoms with E-state index in [0.717, 1.165) is 28.9 Å². The molecule has 1 atom stereocenters. The van der Waals surface area contributed by atoms with Crippen molar-refractivity contribution in [1.82, 2.24) is 0 Å². The van der Waals surface area contributed by atoms with Gasteiger partial charge >= 0.3 is 0 Å². The minimum absolute atomic E-state index is 0.0658. The van der Waals surface area contributed by atoms with Crippen LogP contribution in [0.1, 0.15) is 65.0 Å². The Labute approximate surface area is 206 Å². The van der Waals surface area contributed by atoms with Gasteiger partial charge in [-0.15, -0.1) is 11.8 Å².